The first-order chi connectivity index (χ1) is 12.1. The summed E-state index contributed by atoms with van der Waals surface area (Å²) < 4.78 is 1.53. The molecule has 2 atom stereocenters. The third-order valence-corrected chi connectivity index (χ3v) is 5.71. The van der Waals surface area contributed by atoms with Crippen molar-refractivity contribution in [1.29, 1.82) is 0 Å². The Kier molecular flexibility index (Phi) is 4.31. The SMILES string of the molecule is Nc1ccn(-c2cccc(CCN3CC4CCC(C3)C4N)c2)c(=O)n1. The topological polar surface area (TPSA) is 90.2 Å². The first kappa shape index (κ1) is 16.3. The first-order valence-electron chi connectivity index (χ1n) is 9.02. The minimum absolute atomic E-state index is 0.246. The van der Waals surface area contributed by atoms with Crippen LogP contribution in [0.2, 0.25) is 0 Å². The Morgan fingerprint density at radius 1 is 1.16 bits per heavy atom. The van der Waals surface area contributed by atoms with Crippen LogP contribution in [0.15, 0.2) is 41.3 Å². The second-order valence-corrected chi connectivity index (χ2v) is 7.36. The van der Waals surface area contributed by atoms with Crippen LogP contribution in [0.5, 0.6) is 0 Å². The van der Waals surface area contributed by atoms with Crippen molar-refractivity contribution in [2.75, 3.05) is 25.4 Å². The maximum atomic E-state index is 12.0. The molecule has 0 spiro atoms. The number of nitrogen functional groups attached to an aromatic ring is 1. The van der Waals surface area contributed by atoms with Crippen molar-refractivity contribution in [1.82, 2.24) is 14.5 Å². The van der Waals surface area contributed by atoms with E-state index in [1.807, 2.05) is 12.1 Å². The Bertz CT molecular complexity index is 803. The van der Waals surface area contributed by atoms with Crippen LogP contribution in [0.25, 0.3) is 5.69 Å². The number of likely N-dealkylation sites (tertiary alicyclic amines) is 1. The van der Waals surface area contributed by atoms with Gasteiger partial charge in [0.05, 0.1) is 5.69 Å². The Morgan fingerprint density at radius 2 is 1.92 bits per heavy atom. The lowest BCUT2D eigenvalue weighted by Gasteiger charge is -2.36. The van der Waals surface area contributed by atoms with Gasteiger partial charge in [-0.1, -0.05) is 12.1 Å². The van der Waals surface area contributed by atoms with E-state index in [-0.39, 0.29) is 11.5 Å². The molecule has 2 fully saturated rings. The molecule has 1 aliphatic carbocycles. The molecule has 4 N–H and O–H groups in total. The minimum atomic E-state index is -0.348. The van der Waals surface area contributed by atoms with Crippen molar-refractivity contribution >= 4 is 5.82 Å². The molecule has 132 valence electrons. The van der Waals surface area contributed by atoms with E-state index in [1.54, 1.807) is 12.3 Å². The van der Waals surface area contributed by atoms with Gasteiger partial charge in [-0.15, -0.1) is 0 Å². The molecule has 6 heteroatoms. The predicted octanol–water partition coefficient (Wildman–Crippen LogP) is 1.03. The molecular formula is C19H25N5O. The maximum Gasteiger partial charge on any atom is 0.354 e. The van der Waals surface area contributed by atoms with E-state index in [4.69, 9.17) is 11.5 Å². The van der Waals surface area contributed by atoms with Crippen molar-refractivity contribution in [3.05, 3.63) is 52.6 Å². The van der Waals surface area contributed by atoms with E-state index >= 15 is 0 Å². The summed E-state index contributed by atoms with van der Waals surface area (Å²) in [6, 6.07) is 10.1. The molecule has 2 heterocycles. The second kappa shape index (κ2) is 6.61. The minimum Gasteiger partial charge on any atom is -0.383 e. The standard InChI is InChI=1S/C19H25N5O/c20-17-7-9-24(19(25)22-17)16-3-1-2-13(10-16)6-8-23-11-14-4-5-15(12-23)18(14)21/h1-3,7,9-10,14-15,18H,4-6,8,11-12,21H2,(H2,20,22,25). The molecule has 1 saturated heterocycles. The van der Waals surface area contributed by atoms with Crippen molar-refractivity contribution in [2.24, 2.45) is 17.6 Å². The Balaban J connectivity index is 1.44. The molecule has 1 aromatic carbocycles. The van der Waals surface area contributed by atoms with E-state index < -0.39 is 0 Å². The molecular weight excluding hydrogens is 314 g/mol. The van der Waals surface area contributed by atoms with Crippen LogP contribution < -0.4 is 17.2 Å². The zero-order valence-corrected chi connectivity index (χ0v) is 14.3. The molecule has 6 nitrogen and oxygen atoms in total. The summed E-state index contributed by atoms with van der Waals surface area (Å²) >= 11 is 0. The van der Waals surface area contributed by atoms with Crippen LogP contribution in [-0.2, 0) is 6.42 Å². The van der Waals surface area contributed by atoms with Crippen molar-refractivity contribution in [2.45, 2.75) is 25.3 Å². The number of anilines is 1. The van der Waals surface area contributed by atoms with Crippen LogP contribution in [0.1, 0.15) is 18.4 Å². The number of nitrogens with zero attached hydrogens (tertiary/aromatic N) is 3. The Morgan fingerprint density at radius 3 is 2.64 bits per heavy atom. The number of piperidine rings is 1. The van der Waals surface area contributed by atoms with Crippen LogP contribution in [0.3, 0.4) is 0 Å². The van der Waals surface area contributed by atoms with Gasteiger partial charge < -0.3 is 16.4 Å². The van der Waals surface area contributed by atoms with Gasteiger partial charge in [-0.2, -0.15) is 4.98 Å². The van der Waals surface area contributed by atoms with Gasteiger partial charge in [-0.05, 0) is 54.9 Å². The molecule has 25 heavy (non-hydrogen) atoms. The predicted molar refractivity (Wildman–Crippen MR) is 98.6 cm³/mol. The average molecular weight is 339 g/mol. The highest BCUT2D eigenvalue weighted by Crippen LogP contribution is 2.35. The van der Waals surface area contributed by atoms with Gasteiger partial charge >= 0.3 is 5.69 Å². The number of rotatable bonds is 4. The fourth-order valence-electron chi connectivity index (χ4n) is 4.31. The van der Waals surface area contributed by atoms with Gasteiger partial charge in [-0.25, -0.2) is 4.79 Å². The smallest absolute Gasteiger partial charge is 0.354 e. The lowest BCUT2D eigenvalue weighted by molar-refractivity contribution is 0.149. The highest BCUT2D eigenvalue weighted by Gasteiger charge is 2.39. The molecule has 0 radical (unpaired) electrons. The highest BCUT2D eigenvalue weighted by atomic mass is 16.1. The number of aromatic nitrogens is 2. The van der Waals surface area contributed by atoms with Gasteiger partial charge in [0.2, 0.25) is 0 Å². The Hall–Kier alpha value is -2.18. The van der Waals surface area contributed by atoms with Crippen LogP contribution >= 0.6 is 0 Å². The van der Waals surface area contributed by atoms with Gasteiger partial charge in [0.1, 0.15) is 5.82 Å². The summed E-state index contributed by atoms with van der Waals surface area (Å²) in [7, 11) is 0. The second-order valence-electron chi connectivity index (χ2n) is 7.36. The Labute approximate surface area is 147 Å². The number of hydrogen-bond donors (Lipinski definition) is 2. The fraction of sp³-hybridized carbons (Fsp3) is 0.474. The van der Waals surface area contributed by atoms with Crippen LogP contribution in [0, 0.1) is 11.8 Å². The zero-order valence-electron chi connectivity index (χ0n) is 14.3. The summed E-state index contributed by atoms with van der Waals surface area (Å²) in [6.07, 6.45) is 5.21. The number of benzene rings is 1. The molecule has 2 bridgehead atoms. The van der Waals surface area contributed by atoms with Gasteiger partial charge in [0.25, 0.3) is 0 Å². The summed E-state index contributed by atoms with van der Waals surface area (Å²) in [4.78, 5) is 18.4. The van der Waals surface area contributed by atoms with Crippen LogP contribution in [0.4, 0.5) is 5.82 Å². The van der Waals surface area contributed by atoms with Crippen molar-refractivity contribution < 1.29 is 0 Å². The summed E-state index contributed by atoms with van der Waals surface area (Å²) in [5.74, 6) is 1.59. The molecule has 1 aromatic heterocycles. The summed E-state index contributed by atoms with van der Waals surface area (Å²) in [6.45, 7) is 3.29. The maximum absolute atomic E-state index is 12.0. The third-order valence-electron chi connectivity index (χ3n) is 5.71. The van der Waals surface area contributed by atoms with E-state index in [9.17, 15) is 4.79 Å². The lowest BCUT2D eigenvalue weighted by atomic mass is 9.93. The van der Waals surface area contributed by atoms with Crippen molar-refractivity contribution in [3.63, 3.8) is 0 Å². The normalized spacial score (nSPS) is 26.0. The van der Waals surface area contributed by atoms with Crippen molar-refractivity contribution in [3.8, 4) is 5.69 Å². The van der Waals surface area contributed by atoms with E-state index in [2.05, 4.69) is 22.0 Å². The van der Waals surface area contributed by atoms with Gasteiger partial charge in [0, 0.05) is 31.9 Å². The summed E-state index contributed by atoms with van der Waals surface area (Å²) in [5.41, 5.74) is 13.6. The molecule has 4 rings (SSSR count). The molecule has 0 amide bonds. The van der Waals surface area contributed by atoms with E-state index in [0.29, 0.717) is 17.9 Å². The molecule has 2 unspecified atom stereocenters. The first-order valence-corrected chi connectivity index (χ1v) is 9.02. The quantitative estimate of drug-likeness (QED) is 0.868. The molecule has 2 aliphatic rings. The van der Waals surface area contributed by atoms with Crippen LogP contribution in [-0.4, -0.2) is 40.1 Å². The molecule has 2 aromatic rings. The lowest BCUT2D eigenvalue weighted by Crippen LogP contribution is -2.49. The highest BCUT2D eigenvalue weighted by molar-refractivity contribution is 5.37. The number of fused-ring (bicyclic) bond motifs is 2. The van der Waals surface area contributed by atoms with Gasteiger partial charge in [0.15, 0.2) is 0 Å². The summed E-state index contributed by atoms with van der Waals surface area (Å²) in [5, 5.41) is 0. The number of nitrogens with two attached hydrogens (primary N) is 2. The molecule has 1 aliphatic heterocycles. The van der Waals surface area contributed by atoms with E-state index in [1.165, 1.54) is 23.0 Å². The third kappa shape index (κ3) is 3.32. The number of hydrogen-bond acceptors (Lipinski definition) is 5. The monoisotopic (exact) mass is 339 g/mol. The molecule has 1 saturated carbocycles. The van der Waals surface area contributed by atoms with Gasteiger partial charge in [-0.3, -0.25) is 4.57 Å². The zero-order chi connectivity index (χ0) is 17.4. The van der Waals surface area contributed by atoms with E-state index in [0.717, 1.165) is 31.7 Å². The fourth-order valence-corrected chi connectivity index (χ4v) is 4.31. The average Bonchev–Trinajstić information content (AvgIpc) is 2.82. The largest absolute Gasteiger partial charge is 0.383 e.